The molecule has 0 radical (unpaired) electrons. The molecule has 1 aliphatic carbocycles. The van der Waals surface area contributed by atoms with E-state index in [9.17, 15) is 13.6 Å². The summed E-state index contributed by atoms with van der Waals surface area (Å²) in [5.41, 5.74) is 6.12. The summed E-state index contributed by atoms with van der Waals surface area (Å²) in [5.74, 6) is -3.23. The zero-order valence-electron chi connectivity index (χ0n) is 15.6. The number of alkyl halides is 2. The molecule has 150 valence electrons. The maximum absolute atomic E-state index is 13.3. The van der Waals surface area contributed by atoms with Crippen LogP contribution >= 0.6 is 0 Å². The van der Waals surface area contributed by atoms with E-state index in [0.717, 1.165) is 18.7 Å². The standard InChI is InChI=1S/C18H23F2N7O/c1-22-8-11(7-21)24-17-23-5-4-15(25-17)26-9-12-2-3-13(10-26)27(12)16(28)14-6-18(14,19)20/h4-5,7-8,12-14H,2-3,6,9-10,21H2,1H3,(H,23,24,25)/b11-7+,22-8?/t12-,13+,14?. The number of carbonyl (C=O) groups excluding carboxylic acids is 1. The number of carbonyl (C=O) groups is 1. The molecule has 3 aliphatic rings. The fourth-order valence-corrected chi connectivity index (χ4v) is 4.08. The third kappa shape index (κ3) is 3.38. The molecule has 1 amide bonds. The zero-order chi connectivity index (χ0) is 19.9. The molecule has 0 aromatic carbocycles. The van der Waals surface area contributed by atoms with E-state index < -0.39 is 17.7 Å². The van der Waals surface area contributed by atoms with Gasteiger partial charge >= 0.3 is 0 Å². The largest absolute Gasteiger partial charge is 0.403 e. The van der Waals surface area contributed by atoms with Crippen LogP contribution < -0.4 is 16.0 Å². The first kappa shape index (κ1) is 18.6. The lowest BCUT2D eigenvalue weighted by atomic mass is 10.1. The molecule has 3 heterocycles. The number of piperazine rings is 1. The van der Waals surface area contributed by atoms with Crippen molar-refractivity contribution < 1.29 is 13.6 Å². The fraction of sp³-hybridized carbons (Fsp3) is 0.556. The Hall–Kier alpha value is -2.78. The van der Waals surface area contributed by atoms with Crippen LogP contribution in [0.25, 0.3) is 0 Å². The highest BCUT2D eigenvalue weighted by Crippen LogP contribution is 2.51. The van der Waals surface area contributed by atoms with Crippen LogP contribution in [0.1, 0.15) is 19.3 Å². The average molecular weight is 391 g/mol. The highest BCUT2D eigenvalue weighted by molar-refractivity contribution is 5.84. The maximum Gasteiger partial charge on any atom is 0.260 e. The van der Waals surface area contributed by atoms with Gasteiger partial charge in [0.15, 0.2) is 0 Å². The second kappa shape index (κ2) is 6.99. The Morgan fingerprint density at radius 1 is 1.39 bits per heavy atom. The molecule has 10 heteroatoms. The number of aliphatic imine (C=N–C) groups is 1. The first-order valence-electron chi connectivity index (χ1n) is 9.32. The number of aromatic nitrogens is 2. The Bertz CT molecular complexity index is 814. The molecule has 1 saturated carbocycles. The zero-order valence-corrected chi connectivity index (χ0v) is 15.6. The molecule has 3 atom stereocenters. The van der Waals surface area contributed by atoms with Gasteiger partial charge in [-0.05, 0) is 18.9 Å². The normalized spacial score (nSPS) is 28.7. The second-order valence-corrected chi connectivity index (χ2v) is 7.43. The van der Waals surface area contributed by atoms with Gasteiger partial charge in [0, 0.05) is 57.3 Å². The second-order valence-electron chi connectivity index (χ2n) is 7.43. The van der Waals surface area contributed by atoms with E-state index in [1.807, 2.05) is 0 Å². The Labute approximate surface area is 161 Å². The number of allylic oxidation sites excluding steroid dienone is 1. The van der Waals surface area contributed by atoms with Crippen LogP contribution in [0.4, 0.5) is 20.5 Å². The average Bonchev–Trinajstić information content (AvgIpc) is 3.24. The number of hydrogen-bond acceptors (Lipinski definition) is 7. The number of rotatable bonds is 5. The van der Waals surface area contributed by atoms with Crippen molar-refractivity contribution in [2.24, 2.45) is 16.6 Å². The molecule has 2 aliphatic heterocycles. The van der Waals surface area contributed by atoms with Crippen LogP contribution in [0.5, 0.6) is 0 Å². The van der Waals surface area contributed by atoms with E-state index in [-0.39, 0.29) is 18.5 Å². The van der Waals surface area contributed by atoms with Gasteiger partial charge in [0.1, 0.15) is 11.7 Å². The molecule has 1 aromatic heterocycles. The van der Waals surface area contributed by atoms with Crippen LogP contribution in [0.15, 0.2) is 29.2 Å². The van der Waals surface area contributed by atoms with Gasteiger partial charge < -0.3 is 20.9 Å². The van der Waals surface area contributed by atoms with Crippen LogP contribution in [-0.4, -0.2) is 65.1 Å². The molecule has 3 fully saturated rings. The van der Waals surface area contributed by atoms with Gasteiger partial charge in [-0.15, -0.1) is 0 Å². The monoisotopic (exact) mass is 391 g/mol. The predicted octanol–water partition coefficient (Wildman–Crippen LogP) is 1.22. The molecule has 4 rings (SSSR count). The SMILES string of the molecule is CN=C/C(=C\N)Nc1nccc(N2C[C@H]3CC[C@@H](C2)N3C(=O)C2CC2(F)F)n1. The highest BCUT2D eigenvalue weighted by Gasteiger charge is 2.64. The van der Waals surface area contributed by atoms with Crippen molar-refractivity contribution in [3.05, 3.63) is 24.2 Å². The number of nitrogens with zero attached hydrogens (tertiary/aromatic N) is 5. The number of nitrogens with two attached hydrogens (primary N) is 1. The van der Waals surface area contributed by atoms with Gasteiger partial charge in [-0.3, -0.25) is 9.79 Å². The number of halogens is 2. The van der Waals surface area contributed by atoms with E-state index in [0.29, 0.717) is 24.7 Å². The first-order chi connectivity index (χ1) is 13.4. The van der Waals surface area contributed by atoms with Crippen molar-refractivity contribution in [1.29, 1.82) is 0 Å². The summed E-state index contributed by atoms with van der Waals surface area (Å²) < 4.78 is 26.7. The number of amides is 1. The van der Waals surface area contributed by atoms with Crippen molar-refractivity contribution in [3.8, 4) is 0 Å². The number of anilines is 2. The van der Waals surface area contributed by atoms with Crippen molar-refractivity contribution in [2.45, 2.75) is 37.3 Å². The van der Waals surface area contributed by atoms with Gasteiger partial charge in [-0.25, -0.2) is 13.8 Å². The van der Waals surface area contributed by atoms with Crippen molar-refractivity contribution in [2.75, 3.05) is 30.4 Å². The molecular weight excluding hydrogens is 368 g/mol. The van der Waals surface area contributed by atoms with Gasteiger partial charge in [0.2, 0.25) is 11.9 Å². The van der Waals surface area contributed by atoms with Crippen molar-refractivity contribution >= 4 is 23.9 Å². The Morgan fingerprint density at radius 2 is 2.07 bits per heavy atom. The summed E-state index contributed by atoms with van der Waals surface area (Å²) in [7, 11) is 1.64. The van der Waals surface area contributed by atoms with E-state index in [2.05, 4.69) is 25.2 Å². The highest BCUT2D eigenvalue weighted by atomic mass is 19.3. The number of hydrogen-bond donors (Lipinski definition) is 2. The predicted molar refractivity (Wildman–Crippen MR) is 101 cm³/mol. The minimum atomic E-state index is -2.82. The summed E-state index contributed by atoms with van der Waals surface area (Å²) in [5, 5.41) is 3.00. The third-order valence-electron chi connectivity index (χ3n) is 5.53. The summed E-state index contributed by atoms with van der Waals surface area (Å²) in [6, 6.07) is 1.69. The Morgan fingerprint density at radius 3 is 2.64 bits per heavy atom. The van der Waals surface area contributed by atoms with Gasteiger partial charge in [-0.1, -0.05) is 0 Å². The summed E-state index contributed by atoms with van der Waals surface area (Å²) in [4.78, 5) is 28.9. The molecular formula is C18H23F2N7O. The van der Waals surface area contributed by atoms with Crippen LogP contribution in [-0.2, 0) is 4.79 Å². The first-order valence-corrected chi connectivity index (χ1v) is 9.32. The lowest BCUT2D eigenvalue weighted by Crippen LogP contribution is -2.56. The number of fused-ring (bicyclic) bond motifs is 2. The minimum absolute atomic E-state index is 0.0549. The summed E-state index contributed by atoms with van der Waals surface area (Å²) >= 11 is 0. The van der Waals surface area contributed by atoms with Crippen LogP contribution in [0.3, 0.4) is 0 Å². The smallest absolute Gasteiger partial charge is 0.260 e. The Balaban J connectivity index is 1.46. The molecule has 8 nitrogen and oxygen atoms in total. The Kier molecular flexibility index (Phi) is 4.64. The third-order valence-corrected chi connectivity index (χ3v) is 5.53. The van der Waals surface area contributed by atoms with E-state index in [1.54, 1.807) is 30.4 Å². The van der Waals surface area contributed by atoms with Crippen LogP contribution in [0.2, 0.25) is 0 Å². The topological polar surface area (TPSA) is 99.7 Å². The lowest BCUT2D eigenvalue weighted by molar-refractivity contribution is -0.138. The molecule has 3 N–H and O–H groups in total. The fourth-order valence-electron chi connectivity index (χ4n) is 4.08. The van der Waals surface area contributed by atoms with E-state index in [1.165, 1.54) is 6.20 Å². The number of nitrogens with one attached hydrogen (secondary N) is 1. The minimum Gasteiger partial charge on any atom is -0.403 e. The molecule has 28 heavy (non-hydrogen) atoms. The van der Waals surface area contributed by atoms with E-state index in [4.69, 9.17) is 5.73 Å². The quantitative estimate of drug-likeness (QED) is 0.733. The van der Waals surface area contributed by atoms with Gasteiger partial charge in [-0.2, -0.15) is 4.98 Å². The molecule has 2 saturated heterocycles. The summed E-state index contributed by atoms with van der Waals surface area (Å²) in [6.45, 7) is 1.15. The van der Waals surface area contributed by atoms with Gasteiger partial charge in [0.05, 0.1) is 5.70 Å². The molecule has 1 unspecified atom stereocenters. The lowest BCUT2D eigenvalue weighted by Gasteiger charge is -2.41. The van der Waals surface area contributed by atoms with Crippen molar-refractivity contribution in [1.82, 2.24) is 14.9 Å². The molecule has 2 bridgehead atoms. The van der Waals surface area contributed by atoms with Gasteiger partial charge in [0.25, 0.3) is 5.92 Å². The van der Waals surface area contributed by atoms with E-state index >= 15 is 0 Å². The molecule has 1 aromatic rings. The summed E-state index contributed by atoms with van der Waals surface area (Å²) in [6.07, 6.45) is 5.93. The maximum atomic E-state index is 13.3. The van der Waals surface area contributed by atoms with Crippen molar-refractivity contribution in [3.63, 3.8) is 0 Å². The molecule has 0 spiro atoms. The van der Waals surface area contributed by atoms with Crippen LogP contribution in [0, 0.1) is 5.92 Å².